The van der Waals surface area contributed by atoms with Crippen LogP contribution in [-0.4, -0.2) is 37.7 Å². The van der Waals surface area contributed by atoms with E-state index in [9.17, 15) is 9.59 Å². The van der Waals surface area contributed by atoms with Gasteiger partial charge in [0.25, 0.3) is 0 Å². The number of fused-ring (bicyclic) bond motifs is 2. The Balaban J connectivity index is 1.24. The van der Waals surface area contributed by atoms with Gasteiger partial charge in [-0.2, -0.15) is 0 Å². The summed E-state index contributed by atoms with van der Waals surface area (Å²) in [7, 11) is 0. The normalized spacial score (nSPS) is 18.1. The molecule has 1 fully saturated rings. The first-order chi connectivity index (χ1) is 14.8. The van der Waals surface area contributed by atoms with Gasteiger partial charge in [-0.15, -0.1) is 0 Å². The molecule has 0 radical (unpaired) electrons. The van der Waals surface area contributed by atoms with Crippen LogP contribution in [0, 0.1) is 0 Å². The van der Waals surface area contributed by atoms with E-state index in [2.05, 4.69) is 0 Å². The monoisotopic (exact) mass is 408 g/mol. The molecular weight excluding hydrogens is 380 g/mol. The van der Waals surface area contributed by atoms with Crippen molar-refractivity contribution in [2.75, 3.05) is 19.8 Å². The SMILES string of the molecule is O=C1c2ccccc2C(=O)c2c(OCCCCCCOC3CCCCO3)cccc21. The Kier molecular flexibility index (Phi) is 6.92. The fourth-order valence-electron chi connectivity index (χ4n) is 4.03. The van der Waals surface area contributed by atoms with E-state index in [1.165, 1.54) is 6.42 Å². The Morgan fingerprint density at radius 2 is 1.53 bits per heavy atom. The third kappa shape index (κ3) is 4.63. The molecule has 0 N–H and O–H groups in total. The van der Waals surface area contributed by atoms with Crippen LogP contribution in [0.1, 0.15) is 76.8 Å². The molecule has 0 spiro atoms. The van der Waals surface area contributed by atoms with Crippen LogP contribution in [-0.2, 0) is 9.47 Å². The molecule has 1 heterocycles. The van der Waals surface area contributed by atoms with Crippen LogP contribution in [0.3, 0.4) is 0 Å². The van der Waals surface area contributed by atoms with E-state index in [0.717, 1.165) is 51.7 Å². The second-order valence-electron chi connectivity index (χ2n) is 7.81. The summed E-state index contributed by atoms with van der Waals surface area (Å²) in [5.41, 5.74) is 1.74. The van der Waals surface area contributed by atoms with E-state index in [0.29, 0.717) is 34.6 Å². The van der Waals surface area contributed by atoms with Crippen LogP contribution in [0.25, 0.3) is 0 Å². The first-order valence-electron chi connectivity index (χ1n) is 10.9. The van der Waals surface area contributed by atoms with E-state index >= 15 is 0 Å². The molecule has 0 aromatic heterocycles. The largest absolute Gasteiger partial charge is 0.493 e. The van der Waals surface area contributed by atoms with E-state index < -0.39 is 0 Å². The minimum absolute atomic E-state index is 0.0169. The number of ketones is 2. The third-order valence-electron chi connectivity index (χ3n) is 5.65. The highest BCUT2D eigenvalue weighted by Gasteiger charge is 2.31. The smallest absolute Gasteiger partial charge is 0.198 e. The predicted molar refractivity (Wildman–Crippen MR) is 113 cm³/mol. The van der Waals surface area contributed by atoms with Crippen molar-refractivity contribution in [1.82, 2.24) is 0 Å². The van der Waals surface area contributed by atoms with Gasteiger partial charge in [-0.05, 0) is 44.6 Å². The molecule has 0 saturated carbocycles. The minimum atomic E-state index is -0.141. The van der Waals surface area contributed by atoms with Crippen molar-refractivity contribution in [1.29, 1.82) is 0 Å². The van der Waals surface area contributed by atoms with Crippen molar-refractivity contribution in [2.45, 2.75) is 51.2 Å². The second-order valence-corrected chi connectivity index (χ2v) is 7.81. The molecule has 158 valence electrons. The number of carbonyl (C=O) groups excluding carboxylic acids is 2. The lowest BCUT2D eigenvalue weighted by Crippen LogP contribution is -2.22. The zero-order chi connectivity index (χ0) is 20.8. The van der Waals surface area contributed by atoms with Gasteiger partial charge < -0.3 is 14.2 Å². The molecule has 1 saturated heterocycles. The summed E-state index contributed by atoms with van der Waals surface area (Å²) in [5.74, 6) is 0.239. The van der Waals surface area contributed by atoms with Crippen LogP contribution in [0.15, 0.2) is 42.5 Å². The van der Waals surface area contributed by atoms with Crippen LogP contribution >= 0.6 is 0 Å². The summed E-state index contributed by atoms with van der Waals surface area (Å²) in [6.45, 7) is 2.06. The summed E-state index contributed by atoms with van der Waals surface area (Å²) in [6, 6.07) is 12.2. The second kappa shape index (κ2) is 10.0. The van der Waals surface area contributed by atoms with E-state index in [-0.39, 0.29) is 17.9 Å². The van der Waals surface area contributed by atoms with E-state index in [1.807, 2.05) is 0 Å². The van der Waals surface area contributed by atoms with Crippen molar-refractivity contribution in [3.8, 4) is 5.75 Å². The Labute approximate surface area is 177 Å². The number of benzene rings is 2. The van der Waals surface area contributed by atoms with Crippen molar-refractivity contribution in [2.24, 2.45) is 0 Å². The molecule has 0 bridgehead atoms. The molecule has 5 heteroatoms. The van der Waals surface area contributed by atoms with Crippen molar-refractivity contribution in [3.05, 3.63) is 64.7 Å². The Bertz CT molecular complexity index is 898. The highest BCUT2D eigenvalue weighted by atomic mass is 16.7. The highest BCUT2D eigenvalue weighted by Crippen LogP contribution is 2.33. The zero-order valence-corrected chi connectivity index (χ0v) is 17.2. The summed E-state index contributed by atoms with van der Waals surface area (Å²) in [4.78, 5) is 25.7. The summed E-state index contributed by atoms with van der Waals surface area (Å²) in [6.07, 6.45) is 7.29. The topological polar surface area (TPSA) is 61.8 Å². The Morgan fingerprint density at radius 1 is 0.800 bits per heavy atom. The van der Waals surface area contributed by atoms with Crippen LogP contribution in [0.2, 0.25) is 0 Å². The molecule has 5 nitrogen and oxygen atoms in total. The number of rotatable bonds is 9. The zero-order valence-electron chi connectivity index (χ0n) is 17.2. The maximum Gasteiger partial charge on any atom is 0.198 e. The molecule has 1 atom stereocenters. The molecule has 4 rings (SSSR count). The third-order valence-corrected chi connectivity index (χ3v) is 5.65. The number of hydrogen-bond acceptors (Lipinski definition) is 5. The van der Waals surface area contributed by atoms with Gasteiger partial charge in [-0.1, -0.05) is 42.8 Å². The van der Waals surface area contributed by atoms with Crippen molar-refractivity contribution in [3.63, 3.8) is 0 Å². The molecular formula is C25H28O5. The number of unbranched alkanes of at least 4 members (excludes halogenated alkanes) is 3. The standard InChI is InChI=1S/C25H28O5/c26-24-18-10-3-4-11-19(18)25(27)23-20(24)12-9-13-21(23)28-15-6-1-2-7-16-29-22-14-5-8-17-30-22/h3-4,9-13,22H,1-2,5-8,14-17H2. The molecule has 2 aromatic carbocycles. The lowest BCUT2D eigenvalue weighted by molar-refractivity contribution is -0.162. The van der Waals surface area contributed by atoms with Gasteiger partial charge in [0.15, 0.2) is 17.9 Å². The lowest BCUT2D eigenvalue weighted by Gasteiger charge is -2.22. The predicted octanol–water partition coefficient (Wildman–Crippen LogP) is 4.94. The lowest BCUT2D eigenvalue weighted by atomic mass is 9.83. The van der Waals surface area contributed by atoms with Crippen molar-refractivity contribution < 1.29 is 23.8 Å². The molecule has 30 heavy (non-hydrogen) atoms. The average Bonchev–Trinajstić information content (AvgIpc) is 2.79. The molecule has 2 aromatic rings. The van der Waals surface area contributed by atoms with Gasteiger partial charge >= 0.3 is 0 Å². The quantitative estimate of drug-likeness (QED) is 0.469. The van der Waals surface area contributed by atoms with Gasteiger partial charge in [0, 0.05) is 29.9 Å². The maximum absolute atomic E-state index is 13.0. The van der Waals surface area contributed by atoms with Crippen LogP contribution in [0.5, 0.6) is 5.75 Å². The molecule has 1 unspecified atom stereocenters. The van der Waals surface area contributed by atoms with Gasteiger partial charge in [-0.3, -0.25) is 9.59 Å². The molecule has 0 amide bonds. The fraction of sp³-hybridized carbons (Fsp3) is 0.440. The average molecular weight is 408 g/mol. The number of hydrogen-bond donors (Lipinski definition) is 0. The van der Waals surface area contributed by atoms with E-state index in [4.69, 9.17) is 14.2 Å². The van der Waals surface area contributed by atoms with Crippen molar-refractivity contribution >= 4 is 11.6 Å². The maximum atomic E-state index is 13.0. The van der Waals surface area contributed by atoms with Gasteiger partial charge in [0.1, 0.15) is 5.75 Å². The van der Waals surface area contributed by atoms with E-state index in [1.54, 1.807) is 42.5 Å². The summed E-state index contributed by atoms with van der Waals surface area (Å²) >= 11 is 0. The Hall–Kier alpha value is -2.50. The summed E-state index contributed by atoms with van der Waals surface area (Å²) in [5, 5.41) is 0. The van der Waals surface area contributed by atoms with Gasteiger partial charge in [0.05, 0.1) is 12.2 Å². The Morgan fingerprint density at radius 3 is 2.30 bits per heavy atom. The molecule has 1 aliphatic heterocycles. The number of ether oxygens (including phenoxy) is 3. The van der Waals surface area contributed by atoms with Crippen LogP contribution in [0.4, 0.5) is 0 Å². The first kappa shape index (κ1) is 20.8. The minimum Gasteiger partial charge on any atom is -0.493 e. The highest BCUT2D eigenvalue weighted by molar-refractivity contribution is 6.29. The molecule has 2 aliphatic rings. The summed E-state index contributed by atoms with van der Waals surface area (Å²) < 4.78 is 17.2. The van der Waals surface area contributed by atoms with Crippen LogP contribution < -0.4 is 4.74 Å². The number of carbonyl (C=O) groups is 2. The fourth-order valence-corrected chi connectivity index (χ4v) is 4.03. The van der Waals surface area contributed by atoms with Gasteiger partial charge in [0.2, 0.25) is 0 Å². The first-order valence-corrected chi connectivity index (χ1v) is 10.9. The van der Waals surface area contributed by atoms with Gasteiger partial charge in [-0.25, -0.2) is 0 Å². The molecule has 1 aliphatic carbocycles.